The van der Waals surface area contributed by atoms with Crippen molar-refractivity contribution in [1.82, 2.24) is 9.88 Å². The Morgan fingerprint density at radius 2 is 2.47 bits per heavy atom. The van der Waals surface area contributed by atoms with Gasteiger partial charge in [-0.1, -0.05) is 15.9 Å². The van der Waals surface area contributed by atoms with Crippen LogP contribution in [0.15, 0.2) is 18.5 Å². The molecule has 0 spiro atoms. The van der Waals surface area contributed by atoms with Gasteiger partial charge < -0.3 is 4.90 Å². The summed E-state index contributed by atoms with van der Waals surface area (Å²) in [5.74, 6) is -0.808. The maximum atomic E-state index is 13.3. The fraction of sp³-hybridized carbons (Fsp3) is 0.400. The lowest BCUT2D eigenvalue weighted by molar-refractivity contribution is 0.0788. The lowest BCUT2D eigenvalue weighted by Crippen LogP contribution is -2.29. The van der Waals surface area contributed by atoms with Crippen LogP contribution in [0.4, 0.5) is 4.39 Å². The number of likely N-dealkylation sites (tertiary alicyclic amines) is 1. The minimum atomic E-state index is -0.555. The van der Waals surface area contributed by atoms with Crippen molar-refractivity contribution >= 4 is 21.8 Å². The van der Waals surface area contributed by atoms with E-state index in [9.17, 15) is 9.18 Å². The van der Waals surface area contributed by atoms with Gasteiger partial charge in [0.15, 0.2) is 5.82 Å². The summed E-state index contributed by atoms with van der Waals surface area (Å²) in [5, 5.41) is 0. The van der Waals surface area contributed by atoms with Gasteiger partial charge in [-0.3, -0.25) is 9.78 Å². The second-order valence-electron chi connectivity index (χ2n) is 3.49. The number of carbonyl (C=O) groups excluding carboxylic acids is 1. The first-order valence-corrected chi connectivity index (χ1v) is 5.63. The molecule has 1 saturated heterocycles. The molecule has 0 saturated carbocycles. The second kappa shape index (κ2) is 4.26. The molecule has 1 aliphatic rings. The molecule has 0 aliphatic carbocycles. The number of aromatic nitrogens is 1. The summed E-state index contributed by atoms with van der Waals surface area (Å²) in [7, 11) is 0. The molecule has 2 heterocycles. The van der Waals surface area contributed by atoms with Gasteiger partial charge in [0, 0.05) is 24.1 Å². The van der Waals surface area contributed by atoms with E-state index in [4.69, 9.17) is 0 Å². The van der Waals surface area contributed by atoms with Crippen LogP contribution in [-0.4, -0.2) is 33.7 Å². The van der Waals surface area contributed by atoms with E-state index in [1.807, 2.05) is 0 Å². The zero-order chi connectivity index (χ0) is 10.8. The molecule has 5 heteroatoms. The third kappa shape index (κ3) is 2.17. The highest BCUT2D eigenvalue weighted by molar-refractivity contribution is 9.09. The topological polar surface area (TPSA) is 33.2 Å². The summed E-state index contributed by atoms with van der Waals surface area (Å²) >= 11 is 3.44. The Morgan fingerprint density at radius 1 is 1.67 bits per heavy atom. The van der Waals surface area contributed by atoms with E-state index in [2.05, 4.69) is 20.9 Å². The highest BCUT2D eigenvalue weighted by Crippen LogP contribution is 2.19. The minimum Gasteiger partial charge on any atom is -0.337 e. The average molecular weight is 273 g/mol. The van der Waals surface area contributed by atoms with E-state index in [0.717, 1.165) is 12.6 Å². The van der Waals surface area contributed by atoms with Crippen LogP contribution in [-0.2, 0) is 0 Å². The number of rotatable bonds is 1. The van der Waals surface area contributed by atoms with E-state index in [1.54, 1.807) is 4.90 Å². The van der Waals surface area contributed by atoms with Crippen molar-refractivity contribution in [3.05, 3.63) is 29.8 Å². The lowest BCUT2D eigenvalue weighted by atomic mass is 10.2. The van der Waals surface area contributed by atoms with Gasteiger partial charge in [0.2, 0.25) is 0 Å². The lowest BCUT2D eigenvalue weighted by Gasteiger charge is -2.15. The summed E-state index contributed by atoms with van der Waals surface area (Å²) in [6, 6.07) is 1.42. The molecule has 1 unspecified atom stereocenters. The van der Waals surface area contributed by atoms with E-state index >= 15 is 0 Å². The zero-order valence-corrected chi connectivity index (χ0v) is 9.58. The Kier molecular flexibility index (Phi) is 3.00. The van der Waals surface area contributed by atoms with Crippen LogP contribution in [0.2, 0.25) is 0 Å². The van der Waals surface area contributed by atoms with Crippen LogP contribution >= 0.6 is 15.9 Å². The summed E-state index contributed by atoms with van der Waals surface area (Å²) in [4.78, 5) is 17.4. The van der Waals surface area contributed by atoms with E-state index in [-0.39, 0.29) is 11.5 Å². The number of alkyl halides is 1. The van der Waals surface area contributed by atoms with Crippen LogP contribution in [0.1, 0.15) is 16.8 Å². The molecule has 1 amide bonds. The number of carbonyl (C=O) groups is 1. The fourth-order valence-electron chi connectivity index (χ4n) is 1.62. The standard InChI is InChI=1S/C10H10BrFN2O/c11-7-2-4-14(6-7)10(15)8-1-3-13-5-9(8)12/h1,3,5,7H,2,4,6H2. The summed E-state index contributed by atoms with van der Waals surface area (Å²) in [6.07, 6.45) is 3.41. The van der Waals surface area contributed by atoms with E-state index in [1.165, 1.54) is 12.3 Å². The van der Waals surface area contributed by atoms with Crippen molar-refractivity contribution < 1.29 is 9.18 Å². The van der Waals surface area contributed by atoms with Gasteiger partial charge in [-0.2, -0.15) is 0 Å². The van der Waals surface area contributed by atoms with Gasteiger partial charge in [-0.05, 0) is 12.5 Å². The van der Waals surface area contributed by atoms with Gasteiger partial charge in [0.1, 0.15) is 0 Å². The highest BCUT2D eigenvalue weighted by Gasteiger charge is 2.26. The Balaban J connectivity index is 2.18. The average Bonchev–Trinajstić information content (AvgIpc) is 2.65. The molecule has 2 rings (SSSR count). The Labute approximate surface area is 95.4 Å². The Hall–Kier alpha value is -0.970. The van der Waals surface area contributed by atoms with Crippen LogP contribution in [0, 0.1) is 5.82 Å². The molecule has 0 radical (unpaired) electrons. The molecule has 1 aromatic heterocycles. The molecule has 0 aromatic carbocycles. The molecule has 1 fully saturated rings. The van der Waals surface area contributed by atoms with Gasteiger partial charge in [0.05, 0.1) is 11.8 Å². The molecule has 1 aliphatic heterocycles. The first kappa shape index (κ1) is 10.5. The van der Waals surface area contributed by atoms with Gasteiger partial charge in [0.25, 0.3) is 5.91 Å². The van der Waals surface area contributed by atoms with Crippen molar-refractivity contribution in [3.63, 3.8) is 0 Å². The third-order valence-corrected chi connectivity index (χ3v) is 3.17. The van der Waals surface area contributed by atoms with E-state index < -0.39 is 5.82 Å². The fourth-order valence-corrected chi connectivity index (χ4v) is 2.18. The number of amides is 1. The third-order valence-electron chi connectivity index (χ3n) is 2.42. The van der Waals surface area contributed by atoms with Gasteiger partial charge in [-0.15, -0.1) is 0 Å². The van der Waals surface area contributed by atoms with Crippen molar-refractivity contribution in [2.45, 2.75) is 11.2 Å². The van der Waals surface area contributed by atoms with Crippen LogP contribution in [0.3, 0.4) is 0 Å². The minimum absolute atomic E-state index is 0.103. The first-order valence-electron chi connectivity index (χ1n) is 4.71. The smallest absolute Gasteiger partial charge is 0.256 e. The first-order chi connectivity index (χ1) is 7.18. The SMILES string of the molecule is O=C(c1ccncc1F)N1CCC(Br)C1. The number of pyridine rings is 1. The largest absolute Gasteiger partial charge is 0.337 e. The number of halogens is 2. The molecule has 3 nitrogen and oxygen atoms in total. The number of hydrogen-bond acceptors (Lipinski definition) is 2. The summed E-state index contributed by atoms with van der Waals surface area (Å²) < 4.78 is 13.3. The van der Waals surface area contributed by atoms with Crippen molar-refractivity contribution in [3.8, 4) is 0 Å². The molecular formula is C10H10BrFN2O. The monoisotopic (exact) mass is 272 g/mol. The summed E-state index contributed by atoms with van der Waals surface area (Å²) in [6.45, 7) is 1.32. The second-order valence-corrected chi connectivity index (χ2v) is 4.79. The highest BCUT2D eigenvalue weighted by atomic mass is 79.9. The van der Waals surface area contributed by atoms with Crippen molar-refractivity contribution in [2.24, 2.45) is 0 Å². The Morgan fingerprint density at radius 3 is 3.07 bits per heavy atom. The molecule has 80 valence electrons. The predicted molar refractivity (Wildman–Crippen MR) is 57.4 cm³/mol. The van der Waals surface area contributed by atoms with Crippen molar-refractivity contribution in [2.75, 3.05) is 13.1 Å². The molecular weight excluding hydrogens is 263 g/mol. The number of hydrogen-bond donors (Lipinski definition) is 0. The number of nitrogens with zero attached hydrogens (tertiary/aromatic N) is 2. The molecule has 0 N–H and O–H groups in total. The maximum absolute atomic E-state index is 13.3. The quantitative estimate of drug-likeness (QED) is 0.731. The van der Waals surface area contributed by atoms with E-state index in [0.29, 0.717) is 17.9 Å². The normalized spacial score (nSPS) is 20.7. The predicted octanol–water partition coefficient (Wildman–Crippen LogP) is 1.83. The van der Waals surface area contributed by atoms with Crippen LogP contribution < -0.4 is 0 Å². The summed E-state index contributed by atoms with van der Waals surface area (Å²) in [5.41, 5.74) is 0.103. The Bertz CT molecular complexity index is 385. The molecule has 0 bridgehead atoms. The van der Waals surface area contributed by atoms with Gasteiger partial charge in [-0.25, -0.2) is 4.39 Å². The van der Waals surface area contributed by atoms with Crippen LogP contribution in [0.5, 0.6) is 0 Å². The zero-order valence-electron chi connectivity index (χ0n) is 7.99. The molecule has 1 atom stereocenters. The maximum Gasteiger partial charge on any atom is 0.256 e. The van der Waals surface area contributed by atoms with Crippen molar-refractivity contribution in [1.29, 1.82) is 0 Å². The molecule has 1 aromatic rings. The molecule has 15 heavy (non-hydrogen) atoms. The van der Waals surface area contributed by atoms with Crippen LogP contribution in [0.25, 0.3) is 0 Å². The van der Waals surface area contributed by atoms with Gasteiger partial charge >= 0.3 is 0 Å².